The van der Waals surface area contributed by atoms with E-state index in [1.54, 1.807) is 7.11 Å². The molecule has 1 heterocycles. The number of aliphatic carboxylic acids is 1. The molecule has 6 nitrogen and oxygen atoms in total. The number of allylic oxidation sites excluding steroid dienone is 1. The van der Waals surface area contributed by atoms with E-state index >= 15 is 0 Å². The summed E-state index contributed by atoms with van der Waals surface area (Å²) in [7, 11) is 1.58. The predicted octanol–water partition coefficient (Wildman–Crippen LogP) is 2.59. The highest BCUT2D eigenvalue weighted by Crippen LogP contribution is 2.17. The average molecular weight is 302 g/mol. The SMILES string of the molecule is COc1ccc(Cc2cc(C(=O)/C=C(\O)C(=O)O)co2)cc1. The lowest BCUT2D eigenvalue weighted by Gasteiger charge is -2.01. The zero-order chi connectivity index (χ0) is 16.1. The molecule has 0 fully saturated rings. The average Bonchev–Trinajstić information content (AvgIpc) is 2.96. The summed E-state index contributed by atoms with van der Waals surface area (Å²) in [5.41, 5.74) is 1.15. The fourth-order valence-corrected chi connectivity index (χ4v) is 1.82. The van der Waals surface area contributed by atoms with Gasteiger partial charge in [-0.15, -0.1) is 0 Å². The summed E-state index contributed by atoms with van der Waals surface area (Å²) < 4.78 is 10.3. The quantitative estimate of drug-likeness (QED) is 0.483. The van der Waals surface area contributed by atoms with Crippen molar-refractivity contribution < 1.29 is 29.0 Å². The van der Waals surface area contributed by atoms with Crippen LogP contribution >= 0.6 is 0 Å². The number of aliphatic hydroxyl groups excluding tert-OH is 1. The van der Waals surface area contributed by atoms with Gasteiger partial charge in [0.25, 0.3) is 0 Å². The Morgan fingerprint density at radius 2 is 1.91 bits per heavy atom. The Labute approximate surface area is 126 Å². The molecule has 0 aliphatic rings. The standard InChI is InChI=1S/C16H14O6/c1-21-12-4-2-10(3-5-12)6-13-7-11(9-22-13)14(17)8-15(18)16(19)20/h2-5,7-9,18H,6H2,1H3,(H,19,20)/b15-8-. The topological polar surface area (TPSA) is 97.0 Å². The number of furan rings is 1. The van der Waals surface area contributed by atoms with Gasteiger partial charge < -0.3 is 19.4 Å². The Balaban J connectivity index is 2.09. The number of ketones is 1. The monoisotopic (exact) mass is 302 g/mol. The molecule has 0 amide bonds. The van der Waals surface area contributed by atoms with Gasteiger partial charge >= 0.3 is 5.97 Å². The Morgan fingerprint density at radius 1 is 1.23 bits per heavy atom. The molecule has 1 aromatic carbocycles. The number of carboxylic acids is 1. The Hall–Kier alpha value is -3.02. The van der Waals surface area contributed by atoms with Gasteiger partial charge in [0.05, 0.1) is 12.7 Å². The Morgan fingerprint density at radius 3 is 2.50 bits per heavy atom. The molecule has 2 rings (SSSR count). The molecule has 0 aliphatic carbocycles. The number of carboxylic acid groups (broad SMARTS) is 1. The molecule has 114 valence electrons. The summed E-state index contributed by atoms with van der Waals surface area (Å²) in [5.74, 6) is -1.91. The lowest BCUT2D eigenvalue weighted by Crippen LogP contribution is -2.03. The molecule has 22 heavy (non-hydrogen) atoms. The van der Waals surface area contributed by atoms with Crippen molar-refractivity contribution in [2.45, 2.75) is 6.42 Å². The lowest BCUT2D eigenvalue weighted by molar-refractivity contribution is -0.135. The molecule has 0 unspecified atom stereocenters. The van der Waals surface area contributed by atoms with Crippen LogP contribution in [0.3, 0.4) is 0 Å². The van der Waals surface area contributed by atoms with Gasteiger partial charge in [-0.1, -0.05) is 12.1 Å². The molecule has 0 spiro atoms. The van der Waals surface area contributed by atoms with Crippen LogP contribution in [0.15, 0.2) is 52.8 Å². The summed E-state index contributed by atoms with van der Waals surface area (Å²) in [6.07, 6.45) is 2.35. The maximum absolute atomic E-state index is 11.7. The summed E-state index contributed by atoms with van der Waals surface area (Å²) in [4.78, 5) is 22.2. The first kappa shape index (κ1) is 15.4. The van der Waals surface area contributed by atoms with Crippen LogP contribution < -0.4 is 4.74 Å². The summed E-state index contributed by atoms with van der Waals surface area (Å²) >= 11 is 0. The van der Waals surface area contributed by atoms with Crippen LogP contribution in [0.1, 0.15) is 21.7 Å². The number of rotatable bonds is 6. The van der Waals surface area contributed by atoms with Gasteiger partial charge in [-0.25, -0.2) is 4.79 Å². The van der Waals surface area contributed by atoms with Crippen LogP contribution in [0.4, 0.5) is 0 Å². The molecular formula is C16H14O6. The Bertz CT molecular complexity index is 708. The van der Waals surface area contributed by atoms with Crippen LogP contribution in [0.2, 0.25) is 0 Å². The molecule has 0 radical (unpaired) electrons. The molecule has 2 N–H and O–H groups in total. The fourth-order valence-electron chi connectivity index (χ4n) is 1.82. The lowest BCUT2D eigenvalue weighted by atomic mass is 10.1. The van der Waals surface area contributed by atoms with E-state index in [0.29, 0.717) is 18.3 Å². The van der Waals surface area contributed by atoms with Crippen molar-refractivity contribution in [3.63, 3.8) is 0 Å². The van der Waals surface area contributed by atoms with E-state index in [2.05, 4.69) is 0 Å². The number of hydrogen-bond donors (Lipinski definition) is 2. The second kappa shape index (κ2) is 6.62. The van der Waals surface area contributed by atoms with Crippen molar-refractivity contribution in [2.24, 2.45) is 0 Å². The second-order valence-corrected chi connectivity index (χ2v) is 4.53. The number of benzene rings is 1. The van der Waals surface area contributed by atoms with E-state index in [1.807, 2.05) is 24.3 Å². The van der Waals surface area contributed by atoms with Crippen LogP contribution in [0.25, 0.3) is 0 Å². The number of ether oxygens (including phenoxy) is 1. The van der Waals surface area contributed by atoms with Gasteiger partial charge in [-0.05, 0) is 23.8 Å². The largest absolute Gasteiger partial charge is 0.502 e. The first-order valence-corrected chi connectivity index (χ1v) is 6.38. The van der Waals surface area contributed by atoms with Crippen molar-refractivity contribution in [3.8, 4) is 5.75 Å². The van der Waals surface area contributed by atoms with Crippen molar-refractivity contribution in [1.82, 2.24) is 0 Å². The van der Waals surface area contributed by atoms with Gasteiger partial charge in [-0.3, -0.25) is 4.79 Å². The van der Waals surface area contributed by atoms with Crippen molar-refractivity contribution in [3.05, 3.63) is 65.3 Å². The third kappa shape index (κ3) is 3.76. The minimum Gasteiger partial charge on any atom is -0.502 e. The number of hydrogen-bond acceptors (Lipinski definition) is 5. The predicted molar refractivity (Wildman–Crippen MR) is 77.2 cm³/mol. The maximum atomic E-state index is 11.7. The van der Waals surface area contributed by atoms with Crippen LogP contribution in [0.5, 0.6) is 5.75 Å². The molecule has 2 aromatic rings. The third-order valence-corrected chi connectivity index (χ3v) is 2.96. The summed E-state index contributed by atoms with van der Waals surface area (Å²) in [6.45, 7) is 0. The van der Waals surface area contributed by atoms with Gasteiger partial charge in [-0.2, -0.15) is 0 Å². The van der Waals surface area contributed by atoms with Gasteiger partial charge in [0.15, 0.2) is 5.78 Å². The van der Waals surface area contributed by atoms with Gasteiger partial charge in [0.2, 0.25) is 5.76 Å². The molecule has 0 saturated carbocycles. The minimum atomic E-state index is -1.56. The van der Waals surface area contributed by atoms with Gasteiger partial charge in [0, 0.05) is 12.5 Å². The fraction of sp³-hybridized carbons (Fsp3) is 0.125. The van der Waals surface area contributed by atoms with E-state index < -0.39 is 17.5 Å². The first-order chi connectivity index (χ1) is 10.5. The molecule has 0 aliphatic heterocycles. The number of carbonyl (C=O) groups excluding carboxylic acids is 1. The zero-order valence-corrected chi connectivity index (χ0v) is 11.8. The van der Waals surface area contributed by atoms with Gasteiger partial charge in [0.1, 0.15) is 17.8 Å². The number of aliphatic hydroxyl groups is 1. The highest BCUT2D eigenvalue weighted by atomic mass is 16.5. The van der Waals surface area contributed by atoms with E-state index in [1.165, 1.54) is 12.3 Å². The highest BCUT2D eigenvalue weighted by Gasteiger charge is 2.12. The van der Waals surface area contributed by atoms with Crippen LogP contribution in [-0.4, -0.2) is 29.1 Å². The molecule has 0 saturated heterocycles. The summed E-state index contributed by atoms with van der Waals surface area (Å²) in [6, 6.07) is 8.89. The third-order valence-electron chi connectivity index (χ3n) is 2.96. The summed E-state index contributed by atoms with van der Waals surface area (Å²) in [5, 5.41) is 17.6. The molecule has 6 heteroatoms. The minimum absolute atomic E-state index is 0.177. The molecular weight excluding hydrogens is 288 g/mol. The van der Waals surface area contributed by atoms with E-state index in [9.17, 15) is 9.59 Å². The van der Waals surface area contributed by atoms with Crippen molar-refractivity contribution in [1.29, 1.82) is 0 Å². The zero-order valence-electron chi connectivity index (χ0n) is 11.8. The first-order valence-electron chi connectivity index (χ1n) is 6.38. The van der Waals surface area contributed by atoms with Crippen molar-refractivity contribution >= 4 is 11.8 Å². The normalized spacial score (nSPS) is 11.2. The molecule has 0 bridgehead atoms. The van der Waals surface area contributed by atoms with Crippen molar-refractivity contribution in [2.75, 3.05) is 7.11 Å². The van der Waals surface area contributed by atoms with E-state index in [-0.39, 0.29) is 5.56 Å². The maximum Gasteiger partial charge on any atom is 0.371 e. The second-order valence-electron chi connectivity index (χ2n) is 4.53. The smallest absolute Gasteiger partial charge is 0.371 e. The number of methoxy groups -OCH3 is 1. The van der Waals surface area contributed by atoms with Crippen LogP contribution in [-0.2, 0) is 11.2 Å². The highest BCUT2D eigenvalue weighted by molar-refractivity contribution is 6.07. The Kier molecular flexibility index (Phi) is 4.63. The number of carbonyl (C=O) groups is 2. The molecule has 1 aromatic heterocycles. The molecule has 0 atom stereocenters. The van der Waals surface area contributed by atoms with Crippen LogP contribution in [0, 0.1) is 0 Å². The van der Waals surface area contributed by atoms with E-state index in [0.717, 1.165) is 11.3 Å². The van der Waals surface area contributed by atoms with E-state index in [4.69, 9.17) is 19.4 Å².